The van der Waals surface area contributed by atoms with Gasteiger partial charge in [0, 0.05) is 12.4 Å². The second-order valence-corrected chi connectivity index (χ2v) is 4.82. The highest BCUT2D eigenvalue weighted by atomic mass is 19.4. The Hall–Kier alpha value is -1.56. The molecule has 0 bridgehead atoms. The second kappa shape index (κ2) is 6.26. The van der Waals surface area contributed by atoms with Crippen molar-refractivity contribution >= 4 is 10.9 Å². The normalized spacial score (nSPS) is 15.8. The van der Waals surface area contributed by atoms with Gasteiger partial charge in [0.05, 0.1) is 17.3 Å². The van der Waals surface area contributed by atoms with Gasteiger partial charge >= 0.3 is 6.18 Å². The van der Waals surface area contributed by atoms with E-state index < -0.39 is 11.7 Å². The molecule has 0 radical (unpaired) electrons. The summed E-state index contributed by atoms with van der Waals surface area (Å²) < 4.78 is 38.8. The molecule has 1 aliphatic rings. The van der Waals surface area contributed by atoms with Crippen LogP contribution in [0.5, 0.6) is 0 Å². The number of nitrogens with one attached hydrogen (secondary N) is 1. The van der Waals surface area contributed by atoms with Crippen molar-refractivity contribution in [3.05, 3.63) is 30.0 Å². The monoisotopic (exact) mass is 285 g/mol. The lowest BCUT2D eigenvalue weighted by Gasteiger charge is -2.08. The first kappa shape index (κ1) is 14.8. The van der Waals surface area contributed by atoms with Gasteiger partial charge in [-0.05, 0) is 32.0 Å². The van der Waals surface area contributed by atoms with E-state index in [0.29, 0.717) is 5.39 Å². The predicted octanol–water partition coefficient (Wildman–Crippen LogP) is 3.35. The van der Waals surface area contributed by atoms with Crippen LogP contribution in [0, 0.1) is 0 Å². The predicted molar refractivity (Wildman–Crippen MR) is 72.4 cm³/mol. The maximum absolute atomic E-state index is 12.5. The van der Waals surface area contributed by atoms with Gasteiger partial charge in [-0.3, -0.25) is 4.68 Å². The number of hydrogen-bond donors (Lipinski definition) is 1. The molecule has 3 rings (SSSR count). The zero-order chi connectivity index (χ0) is 14.6. The highest BCUT2D eigenvalue weighted by molar-refractivity contribution is 5.82. The zero-order valence-electron chi connectivity index (χ0n) is 11.4. The summed E-state index contributed by atoms with van der Waals surface area (Å²) in [6, 6.07) is 4.05. The number of para-hydroxylation sites is 1. The van der Waals surface area contributed by atoms with Crippen molar-refractivity contribution in [1.82, 2.24) is 15.1 Å². The molecule has 1 saturated heterocycles. The van der Waals surface area contributed by atoms with Crippen molar-refractivity contribution in [3.8, 4) is 0 Å². The molecule has 1 N–H and O–H groups in total. The topological polar surface area (TPSA) is 29.9 Å². The lowest BCUT2D eigenvalue weighted by atomic mass is 10.1. The van der Waals surface area contributed by atoms with Gasteiger partial charge in [-0.15, -0.1) is 0 Å². The summed E-state index contributed by atoms with van der Waals surface area (Å²) in [5.41, 5.74) is -0.519. The molecular formula is C14H18F3N3. The number of hydrogen-bond acceptors (Lipinski definition) is 2. The van der Waals surface area contributed by atoms with Crippen molar-refractivity contribution in [2.75, 3.05) is 13.1 Å². The number of aryl methyl sites for hydroxylation is 1. The summed E-state index contributed by atoms with van der Waals surface area (Å²) >= 11 is 0. The number of alkyl halides is 3. The number of halogens is 3. The van der Waals surface area contributed by atoms with E-state index in [9.17, 15) is 13.2 Å². The van der Waals surface area contributed by atoms with E-state index in [4.69, 9.17) is 0 Å². The summed E-state index contributed by atoms with van der Waals surface area (Å²) in [6.45, 7) is 2.50. The van der Waals surface area contributed by atoms with Crippen LogP contribution in [0.1, 0.15) is 24.8 Å². The van der Waals surface area contributed by atoms with Crippen molar-refractivity contribution in [2.24, 2.45) is 7.05 Å². The summed E-state index contributed by atoms with van der Waals surface area (Å²) in [7, 11) is 1.50. The SMILES string of the molecule is C1CCNCC1.Cn1ncc2cccc(C(F)(F)F)c21. The molecule has 0 spiro atoms. The Morgan fingerprint density at radius 2 is 1.85 bits per heavy atom. The lowest BCUT2D eigenvalue weighted by Crippen LogP contribution is -2.21. The molecule has 0 unspecified atom stereocenters. The molecule has 1 aliphatic heterocycles. The molecule has 1 aromatic heterocycles. The molecule has 0 atom stereocenters. The Morgan fingerprint density at radius 3 is 2.35 bits per heavy atom. The third-order valence-corrected chi connectivity index (χ3v) is 3.27. The first-order valence-corrected chi connectivity index (χ1v) is 6.69. The van der Waals surface area contributed by atoms with Crippen LogP contribution in [0.3, 0.4) is 0 Å². The summed E-state index contributed by atoms with van der Waals surface area (Å²) in [6.07, 6.45) is 1.31. The van der Waals surface area contributed by atoms with Gasteiger partial charge in [-0.25, -0.2) is 0 Å². The smallest absolute Gasteiger partial charge is 0.317 e. The Bertz CT molecular complexity index is 545. The number of piperidine rings is 1. The standard InChI is InChI=1S/C9H7F3N2.C5H11N/c1-14-8-6(5-13-14)3-2-4-7(8)9(10,11)12;1-2-4-6-5-3-1/h2-5H,1H3;6H,1-5H2. The molecule has 2 heterocycles. The Morgan fingerprint density at radius 1 is 1.15 bits per heavy atom. The number of nitrogens with zero attached hydrogens (tertiary/aromatic N) is 2. The summed E-state index contributed by atoms with van der Waals surface area (Å²) in [5.74, 6) is 0. The number of aromatic nitrogens is 2. The van der Waals surface area contributed by atoms with Gasteiger partial charge in [0.2, 0.25) is 0 Å². The van der Waals surface area contributed by atoms with Crippen molar-refractivity contribution in [2.45, 2.75) is 25.4 Å². The van der Waals surface area contributed by atoms with Gasteiger partial charge < -0.3 is 5.32 Å². The van der Waals surface area contributed by atoms with Crippen molar-refractivity contribution < 1.29 is 13.2 Å². The average molecular weight is 285 g/mol. The van der Waals surface area contributed by atoms with E-state index in [1.54, 1.807) is 6.07 Å². The third kappa shape index (κ3) is 3.50. The maximum atomic E-state index is 12.5. The van der Waals surface area contributed by atoms with Gasteiger partial charge in [-0.2, -0.15) is 18.3 Å². The lowest BCUT2D eigenvalue weighted by molar-refractivity contribution is -0.136. The molecule has 20 heavy (non-hydrogen) atoms. The van der Waals surface area contributed by atoms with Crippen molar-refractivity contribution in [3.63, 3.8) is 0 Å². The van der Waals surface area contributed by atoms with Gasteiger partial charge in [0.25, 0.3) is 0 Å². The molecule has 2 aromatic rings. The van der Waals surface area contributed by atoms with Crippen molar-refractivity contribution in [1.29, 1.82) is 0 Å². The van der Waals surface area contributed by atoms with E-state index in [0.717, 1.165) is 6.07 Å². The van der Waals surface area contributed by atoms with Crippen LogP contribution in [-0.4, -0.2) is 22.9 Å². The van der Waals surface area contributed by atoms with E-state index in [-0.39, 0.29) is 5.52 Å². The zero-order valence-corrected chi connectivity index (χ0v) is 11.4. The fourth-order valence-corrected chi connectivity index (χ4v) is 2.26. The Labute approximate surface area is 115 Å². The fourth-order valence-electron chi connectivity index (χ4n) is 2.26. The largest absolute Gasteiger partial charge is 0.418 e. The molecule has 0 amide bonds. The van der Waals surface area contributed by atoms with Crippen LogP contribution in [-0.2, 0) is 13.2 Å². The molecular weight excluding hydrogens is 267 g/mol. The average Bonchev–Trinajstić information content (AvgIpc) is 2.82. The van der Waals surface area contributed by atoms with Crippen LogP contribution >= 0.6 is 0 Å². The Kier molecular flexibility index (Phi) is 4.65. The second-order valence-electron chi connectivity index (χ2n) is 4.82. The van der Waals surface area contributed by atoms with Gasteiger partial charge in [0.15, 0.2) is 0 Å². The number of rotatable bonds is 0. The molecule has 110 valence electrons. The first-order chi connectivity index (χ1) is 9.50. The Balaban J connectivity index is 0.000000205. The van der Waals surface area contributed by atoms with Gasteiger partial charge in [0.1, 0.15) is 0 Å². The maximum Gasteiger partial charge on any atom is 0.418 e. The van der Waals surface area contributed by atoms with E-state index in [2.05, 4.69) is 10.4 Å². The van der Waals surface area contributed by atoms with Gasteiger partial charge in [-0.1, -0.05) is 18.6 Å². The highest BCUT2D eigenvalue weighted by Gasteiger charge is 2.33. The van der Waals surface area contributed by atoms with Crippen LogP contribution in [0.2, 0.25) is 0 Å². The number of fused-ring (bicyclic) bond motifs is 1. The van der Waals surface area contributed by atoms with E-state index in [1.807, 2.05) is 0 Å². The van der Waals surface area contributed by atoms with Crippen LogP contribution in [0.15, 0.2) is 24.4 Å². The summed E-state index contributed by atoms with van der Waals surface area (Å²) in [4.78, 5) is 0. The minimum absolute atomic E-state index is 0.125. The van der Waals surface area contributed by atoms with Crippen LogP contribution in [0.25, 0.3) is 10.9 Å². The third-order valence-electron chi connectivity index (χ3n) is 3.27. The molecule has 3 nitrogen and oxygen atoms in total. The summed E-state index contributed by atoms with van der Waals surface area (Å²) in [5, 5.41) is 7.57. The molecule has 0 aliphatic carbocycles. The minimum atomic E-state index is -4.33. The quantitative estimate of drug-likeness (QED) is 0.804. The molecule has 1 fully saturated rings. The van der Waals surface area contributed by atoms with E-state index >= 15 is 0 Å². The molecule has 0 saturated carbocycles. The van der Waals surface area contributed by atoms with Crippen LogP contribution in [0.4, 0.5) is 13.2 Å². The first-order valence-electron chi connectivity index (χ1n) is 6.69. The van der Waals surface area contributed by atoms with Crippen LogP contribution < -0.4 is 5.32 Å². The fraction of sp³-hybridized carbons (Fsp3) is 0.500. The highest BCUT2D eigenvalue weighted by Crippen LogP contribution is 2.34. The van der Waals surface area contributed by atoms with E-state index in [1.165, 1.54) is 56.3 Å². The molecule has 1 aromatic carbocycles. The minimum Gasteiger partial charge on any atom is -0.317 e. The molecule has 6 heteroatoms. The number of benzene rings is 1.